The van der Waals surface area contributed by atoms with E-state index in [9.17, 15) is 0 Å². The topological polar surface area (TPSA) is 33.6 Å². The van der Waals surface area contributed by atoms with Crippen LogP contribution in [-0.2, 0) is 6.54 Å². The van der Waals surface area contributed by atoms with E-state index in [0.717, 1.165) is 17.0 Å². The van der Waals surface area contributed by atoms with Crippen LogP contribution in [0, 0.1) is 4.77 Å². The Balaban J connectivity index is 2.50. The van der Waals surface area contributed by atoms with E-state index in [4.69, 9.17) is 12.2 Å². The molecule has 0 radical (unpaired) electrons. The fourth-order valence-corrected chi connectivity index (χ4v) is 1.74. The Labute approximate surface area is 99.4 Å². The minimum atomic E-state index is 0.627. The lowest BCUT2D eigenvalue weighted by Gasteiger charge is -2.05. The van der Waals surface area contributed by atoms with Crippen LogP contribution in [0.25, 0.3) is 11.4 Å². The Morgan fingerprint density at radius 1 is 1.44 bits per heavy atom. The van der Waals surface area contributed by atoms with Gasteiger partial charge in [-0.3, -0.25) is 9.67 Å². The molecule has 2 aromatic rings. The lowest BCUT2D eigenvalue weighted by atomic mass is 10.2. The van der Waals surface area contributed by atoms with E-state index in [1.807, 2.05) is 41.8 Å². The highest BCUT2D eigenvalue weighted by Crippen LogP contribution is 2.17. The number of nitrogens with one attached hydrogen (secondary N) is 1. The number of allylic oxidation sites excluding steroid dienone is 1. The number of rotatable bonds is 3. The van der Waals surface area contributed by atoms with Crippen LogP contribution in [0.1, 0.15) is 6.92 Å². The van der Waals surface area contributed by atoms with Crippen molar-refractivity contribution >= 4 is 12.2 Å². The van der Waals surface area contributed by atoms with E-state index in [1.165, 1.54) is 0 Å². The molecule has 0 aliphatic carbocycles. The molecular weight excluding hydrogens is 218 g/mol. The molecule has 4 heteroatoms. The molecule has 1 N–H and O–H groups in total. The van der Waals surface area contributed by atoms with Crippen molar-refractivity contribution in [2.24, 2.45) is 0 Å². The maximum atomic E-state index is 5.20. The summed E-state index contributed by atoms with van der Waals surface area (Å²) in [7, 11) is 0. The number of benzene rings is 1. The molecular formula is C12H13N3S. The van der Waals surface area contributed by atoms with Gasteiger partial charge in [0.2, 0.25) is 0 Å². The molecule has 0 saturated heterocycles. The third-order valence-corrected chi connectivity index (χ3v) is 2.53. The second-order valence-corrected chi connectivity index (χ2v) is 4.15. The summed E-state index contributed by atoms with van der Waals surface area (Å²) in [6, 6.07) is 9.98. The SMILES string of the molecule is C=C(C)Cn1c(-c2ccccc2)n[nH]c1=S. The van der Waals surface area contributed by atoms with Crippen molar-refractivity contribution in [2.75, 3.05) is 0 Å². The van der Waals surface area contributed by atoms with E-state index in [0.29, 0.717) is 11.3 Å². The monoisotopic (exact) mass is 231 g/mol. The highest BCUT2D eigenvalue weighted by Gasteiger charge is 2.07. The average Bonchev–Trinajstić information content (AvgIpc) is 2.61. The van der Waals surface area contributed by atoms with Crippen molar-refractivity contribution in [1.29, 1.82) is 0 Å². The number of aromatic amines is 1. The zero-order chi connectivity index (χ0) is 11.5. The summed E-state index contributed by atoms with van der Waals surface area (Å²) in [5.41, 5.74) is 2.10. The van der Waals surface area contributed by atoms with E-state index in [1.54, 1.807) is 0 Å². The zero-order valence-corrected chi connectivity index (χ0v) is 9.92. The molecule has 1 aromatic carbocycles. The quantitative estimate of drug-likeness (QED) is 0.650. The van der Waals surface area contributed by atoms with Crippen LogP contribution < -0.4 is 0 Å². The zero-order valence-electron chi connectivity index (χ0n) is 9.10. The molecule has 0 spiro atoms. The Kier molecular flexibility index (Phi) is 3.01. The molecule has 16 heavy (non-hydrogen) atoms. The van der Waals surface area contributed by atoms with Crippen molar-refractivity contribution in [2.45, 2.75) is 13.5 Å². The van der Waals surface area contributed by atoms with Crippen molar-refractivity contribution in [1.82, 2.24) is 14.8 Å². The largest absolute Gasteiger partial charge is 0.296 e. The van der Waals surface area contributed by atoms with Crippen molar-refractivity contribution in [3.8, 4) is 11.4 Å². The third kappa shape index (κ3) is 2.12. The van der Waals surface area contributed by atoms with Crippen LogP contribution in [0.2, 0.25) is 0 Å². The molecule has 2 rings (SSSR count). The Bertz CT molecular complexity index is 551. The first-order valence-electron chi connectivity index (χ1n) is 5.03. The predicted molar refractivity (Wildman–Crippen MR) is 67.7 cm³/mol. The van der Waals surface area contributed by atoms with Crippen LogP contribution >= 0.6 is 12.2 Å². The second-order valence-electron chi connectivity index (χ2n) is 3.76. The lowest BCUT2D eigenvalue weighted by Crippen LogP contribution is -2.01. The summed E-state index contributed by atoms with van der Waals surface area (Å²) in [5.74, 6) is 0.855. The Morgan fingerprint density at radius 2 is 2.12 bits per heavy atom. The number of hydrogen-bond donors (Lipinski definition) is 1. The predicted octanol–water partition coefficient (Wildman–Crippen LogP) is 3.18. The van der Waals surface area contributed by atoms with Gasteiger partial charge in [-0.05, 0) is 19.1 Å². The van der Waals surface area contributed by atoms with Crippen LogP contribution in [-0.4, -0.2) is 14.8 Å². The second kappa shape index (κ2) is 4.45. The van der Waals surface area contributed by atoms with E-state index >= 15 is 0 Å². The van der Waals surface area contributed by atoms with Gasteiger partial charge in [0, 0.05) is 12.1 Å². The minimum Gasteiger partial charge on any atom is -0.296 e. The molecule has 0 aliphatic heterocycles. The highest BCUT2D eigenvalue weighted by atomic mass is 32.1. The molecule has 0 atom stereocenters. The van der Waals surface area contributed by atoms with Gasteiger partial charge in [0.15, 0.2) is 10.6 Å². The Hall–Kier alpha value is -1.68. The molecule has 0 amide bonds. The summed E-state index contributed by atoms with van der Waals surface area (Å²) >= 11 is 5.20. The maximum absolute atomic E-state index is 5.20. The number of hydrogen-bond acceptors (Lipinski definition) is 2. The fourth-order valence-electron chi connectivity index (χ4n) is 1.54. The first kappa shape index (κ1) is 10.8. The van der Waals surface area contributed by atoms with E-state index in [2.05, 4.69) is 16.8 Å². The number of H-pyrrole nitrogens is 1. The van der Waals surface area contributed by atoms with E-state index < -0.39 is 0 Å². The molecule has 1 heterocycles. The molecule has 0 unspecified atom stereocenters. The van der Waals surface area contributed by atoms with Gasteiger partial charge in [0.1, 0.15) is 0 Å². The first-order valence-corrected chi connectivity index (χ1v) is 5.44. The minimum absolute atomic E-state index is 0.627. The van der Waals surface area contributed by atoms with Crippen molar-refractivity contribution < 1.29 is 0 Å². The number of aromatic nitrogens is 3. The van der Waals surface area contributed by atoms with Crippen molar-refractivity contribution in [3.05, 3.63) is 47.3 Å². The van der Waals surface area contributed by atoms with Gasteiger partial charge < -0.3 is 0 Å². The van der Waals surface area contributed by atoms with Gasteiger partial charge in [-0.1, -0.05) is 42.5 Å². The van der Waals surface area contributed by atoms with Gasteiger partial charge in [-0.25, -0.2) is 0 Å². The van der Waals surface area contributed by atoms with Crippen LogP contribution in [0.4, 0.5) is 0 Å². The molecule has 3 nitrogen and oxygen atoms in total. The molecule has 1 aromatic heterocycles. The third-order valence-electron chi connectivity index (χ3n) is 2.22. The molecule has 0 saturated carbocycles. The normalized spacial score (nSPS) is 10.3. The summed E-state index contributed by atoms with van der Waals surface area (Å²) < 4.78 is 2.58. The summed E-state index contributed by atoms with van der Waals surface area (Å²) in [6.07, 6.45) is 0. The summed E-state index contributed by atoms with van der Waals surface area (Å²) in [4.78, 5) is 0. The molecule has 82 valence electrons. The molecule has 0 bridgehead atoms. The van der Waals surface area contributed by atoms with Gasteiger partial charge in [0.05, 0.1) is 0 Å². The molecule has 0 fully saturated rings. The van der Waals surface area contributed by atoms with E-state index in [-0.39, 0.29) is 0 Å². The van der Waals surface area contributed by atoms with Crippen LogP contribution in [0.5, 0.6) is 0 Å². The smallest absolute Gasteiger partial charge is 0.195 e. The lowest BCUT2D eigenvalue weighted by molar-refractivity contribution is 0.778. The van der Waals surface area contributed by atoms with Gasteiger partial charge in [-0.2, -0.15) is 5.10 Å². The van der Waals surface area contributed by atoms with Gasteiger partial charge in [-0.15, -0.1) is 0 Å². The maximum Gasteiger partial charge on any atom is 0.195 e. The molecule has 0 aliphatic rings. The highest BCUT2D eigenvalue weighted by molar-refractivity contribution is 7.71. The van der Waals surface area contributed by atoms with Crippen LogP contribution in [0.15, 0.2) is 42.5 Å². The fraction of sp³-hybridized carbons (Fsp3) is 0.167. The summed E-state index contributed by atoms with van der Waals surface area (Å²) in [6.45, 7) is 6.57. The Morgan fingerprint density at radius 3 is 2.75 bits per heavy atom. The van der Waals surface area contributed by atoms with Gasteiger partial charge in [0.25, 0.3) is 0 Å². The summed E-state index contributed by atoms with van der Waals surface area (Å²) in [5, 5.41) is 7.06. The van der Waals surface area contributed by atoms with Crippen LogP contribution in [0.3, 0.4) is 0 Å². The number of nitrogens with zero attached hydrogens (tertiary/aromatic N) is 2. The average molecular weight is 231 g/mol. The van der Waals surface area contributed by atoms with Crippen molar-refractivity contribution in [3.63, 3.8) is 0 Å². The van der Waals surface area contributed by atoms with Gasteiger partial charge >= 0.3 is 0 Å². The first-order chi connectivity index (χ1) is 7.68. The standard InChI is InChI=1S/C12H13N3S/c1-9(2)8-15-11(13-14-12(15)16)10-6-4-3-5-7-10/h3-7H,1,8H2,2H3,(H,14,16).